The Morgan fingerprint density at radius 1 is 1.32 bits per heavy atom. The van der Waals surface area contributed by atoms with Crippen molar-refractivity contribution in [1.29, 1.82) is 0 Å². The van der Waals surface area contributed by atoms with Crippen molar-refractivity contribution < 1.29 is 14.3 Å². The molecule has 1 aromatic carbocycles. The van der Waals surface area contributed by atoms with E-state index >= 15 is 0 Å². The Labute approximate surface area is 151 Å². The molecule has 6 nitrogen and oxygen atoms in total. The van der Waals surface area contributed by atoms with Crippen molar-refractivity contribution in [2.75, 3.05) is 32.1 Å². The number of thiazole rings is 1. The Bertz CT molecular complexity index is 728. The molecule has 0 atom stereocenters. The van der Waals surface area contributed by atoms with Gasteiger partial charge in [0, 0.05) is 25.1 Å². The number of hydrogen-bond donors (Lipinski definition) is 1. The summed E-state index contributed by atoms with van der Waals surface area (Å²) < 4.78 is 5.03. The normalized spacial score (nSPS) is 10.8. The van der Waals surface area contributed by atoms with E-state index in [-0.39, 0.29) is 18.4 Å². The van der Waals surface area contributed by atoms with Gasteiger partial charge >= 0.3 is 0 Å². The monoisotopic (exact) mass is 359 g/mol. The van der Waals surface area contributed by atoms with E-state index in [4.69, 9.17) is 4.74 Å². The molecule has 0 unspecified atom stereocenters. The first-order valence-electron chi connectivity index (χ1n) is 7.81. The van der Waals surface area contributed by atoms with Crippen molar-refractivity contribution in [3.8, 4) is 0 Å². The Kier molecular flexibility index (Phi) is 7.31. The summed E-state index contributed by atoms with van der Waals surface area (Å²) in [5, 5.41) is 5.09. The number of carbonyl (C=O) groups excluding carboxylic acids is 2. The van der Waals surface area contributed by atoms with Crippen LogP contribution in [0.25, 0.3) is 6.08 Å². The number of anilines is 1. The molecule has 1 N–H and O–H groups in total. The molecule has 0 saturated heterocycles. The molecule has 0 saturated carbocycles. The third kappa shape index (κ3) is 6.48. The lowest BCUT2D eigenvalue weighted by Crippen LogP contribution is -2.39. The van der Waals surface area contributed by atoms with Gasteiger partial charge in [0.1, 0.15) is 6.54 Å². The Morgan fingerprint density at radius 3 is 2.72 bits per heavy atom. The van der Waals surface area contributed by atoms with Crippen LogP contribution in [0.5, 0.6) is 0 Å². The zero-order valence-corrected chi connectivity index (χ0v) is 15.1. The number of aryl methyl sites for hydroxylation is 1. The number of benzene rings is 1. The average Bonchev–Trinajstić information content (AvgIpc) is 3.02. The van der Waals surface area contributed by atoms with Gasteiger partial charge in [0.25, 0.3) is 0 Å². The Morgan fingerprint density at radius 2 is 2.08 bits per heavy atom. The first-order valence-corrected chi connectivity index (χ1v) is 8.69. The minimum absolute atomic E-state index is 0.0556. The van der Waals surface area contributed by atoms with Gasteiger partial charge in [0.05, 0.1) is 12.3 Å². The van der Waals surface area contributed by atoms with E-state index in [1.54, 1.807) is 13.2 Å². The summed E-state index contributed by atoms with van der Waals surface area (Å²) in [4.78, 5) is 30.2. The van der Waals surface area contributed by atoms with Crippen LogP contribution in [-0.4, -0.2) is 48.5 Å². The number of carbonyl (C=O) groups is 2. The second kappa shape index (κ2) is 9.71. The fourth-order valence-electron chi connectivity index (χ4n) is 2.05. The van der Waals surface area contributed by atoms with Crippen LogP contribution in [0.2, 0.25) is 0 Å². The maximum Gasteiger partial charge on any atom is 0.247 e. The van der Waals surface area contributed by atoms with Crippen molar-refractivity contribution in [1.82, 2.24) is 9.88 Å². The summed E-state index contributed by atoms with van der Waals surface area (Å²) in [6.45, 7) is 2.49. The summed E-state index contributed by atoms with van der Waals surface area (Å²) in [6.07, 6.45) is 3.19. The fourth-order valence-corrected chi connectivity index (χ4v) is 2.75. The van der Waals surface area contributed by atoms with Gasteiger partial charge in [-0.05, 0) is 18.6 Å². The molecule has 1 heterocycles. The van der Waals surface area contributed by atoms with Crippen molar-refractivity contribution >= 4 is 34.4 Å². The van der Waals surface area contributed by atoms with E-state index in [2.05, 4.69) is 10.3 Å². The van der Waals surface area contributed by atoms with Gasteiger partial charge in [-0.3, -0.25) is 9.59 Å². The molecule has 0 spiro atoms. The predicted octanol–water partition coefficient (Wildman–Crippen LogP) is 2.58. The van der Waals surface area contributed by atoms with E-state index in [1.807, 2.05) is 42.6 Å². The van der Waals surface area contributed by atoms with E-state index in [0.29, 0.717) is 18.3 Å². The van der Waals surface area contributed by atoms with Crippen molar-refractivity contribution in [2.24, 2.45) is 0 Å². The molecule has 0 aliphatic rings. The smallest absolute Gasteiger partial charge is 0.247 e. The molecule has 2 aromatic rings. The lowest BCUT2D eigenvalue weighted by atomic mass is 10.2. The maximum absolute atomic E-state index is 12.4. The van der Waals surface area contributed by atoms with Gasteiger partial charge in [-0.1, -0.05) is 30.3 Å². The van der Waals surface area contributed by atoms with Crippen molar-refractivity contribution in [3.63, 3.8) is 0 Å². The number of methoxy groups -OCH3 is 1. The van der Waals surface area contributed by atoms with E-state index in [0.717, 1.165) is 11.3 Å². The summed E-state index contributed by atoms with van der Waals surface area (Å²) in [5.74, 6) is -0.529. The van der Waals surface area contributed by atoms with Gasteiger partial charge in [-0.25, -0.2) is 4.98 Å². The molecule has 0 aliphatic carbocycles. The van der Waals surface area contributed by atoms with Crippen LogP contribution in [0.15, 0.2) is 41.8 Å². The summed E-state index contributed by atoms with van der Waals surface area (Å²) in [5.41, 5.74) is 1.77. The molecule has 2 rings (SSSR count). The predicted molar refractivity (Wildman–Crippen MR) is 99.4 cm³/mol. The van der Waals surface area contributed by atoms with E-state index < -0.39 is 0 Å². The standard InChI is InChI=1S/C18H21N3O3S/c1-14-13-25-18(19-14)20-16(22)12-21(10-11-24-2)17(23)9-8-15-6-4-3-5-7-15/h3-9,13H,10-12H2,1-2H3,(H,19,20,22). The van der Waals surface area contributed by atoms with E-state index in [1.165, 1.54) is 22.3 Å². The molecule has 0 radical (unpaired) electrons. The van der Waals surface area contributed by atoms with Gasteiger partial charge < -0.3 is 15.0 Å². The van der Waals surface area contributed by atoms with Gasteiger partial charge in [0.15, 0.2) is 5.13 Å². The Balaban J connectivity index is 1.97. The summed E-state index contributed by atoms with van der Waals surface area (Å²) in [6, 6.07) is 9.52. The number of hydrogen-bond acceptors (Lipinski definition) is 5. The van der Waals surface area contributed by atoms with Crippen LogP contribution in [0.3, 0.4) is 0 Å². The van der Waals surface area contributed by atoms with Gasteiger partial charge in [-0.15, -0.1) is 11.3 Å². The number of rotatable bonds is 8. The first-order chi connectivity index (χ1) is 12.1. The number of amides is 2. The quantitative estimate of drug-likeness (QED) is 0.736. The first kappa shape index (κ1) is 18.8. The molecule has 0 bridgehead atoms. The molecule has 7 heteroatoms. The number of aromatic nitrogens is 1. The fraction of sp³-hybridized carbons (Fsp3) is 0.278. The van der Waals surface area contributed by atoms with Crippen molar-refractivity contribution in [2.45, 2.75) is 6.92 Å². The highest BCUT2D eigenvalue weighted by atomic mass is 32.1. The minimum Gasteiger partial charge on any atom is -0.383 e. The molecule has 25 heavy (non-hydrogen) atoms. The molecule has 0 fully saturated rings. The van der Waals surface area contributed by atoms with Crippen LogP contribution >= 0.6 is 11.3 Å². The van der Waals surface area contributed by atoms with Crippen LogP contribution in [0.1, 0.15) is 11.3 Å². The van der Waals surface area contributed by atoms with Crippen LogP contribution in [-0.2, 0) is 14.3 Å². The highest BCUT2D eigenvalue weighted by molar-refractivity contribution is 7.13. The van der Waals surface area contributed by atoms with Crippen LogP contribution in [0, 0.1) is 6.92 Å². The Hall–Kier alpha value is -2.51. The van der Waals surface area contributed by atoms with Gasteiger partial charge in [-0.2, -0.15) is 0 Å². The highest BCUT2D eigenvalue weighted by Gasteiger charge is 2.16. The minimum atomic E-state index is -0.285. The average molecular weight is 359 g/mol. The van der Waals surface area contributed by atoms with Gasteiger partial charge in [0.2, 0.25) is 11.8 Å². The van der Waals surface area contributed by atoms with Crippen molar-refractivity contribution in [3.05, 3.63) is 53.0 Å². The summed E-state index contributed by atoms with van der Waals surface area (Å²) in [7, 11) is 1.56. The largest absolute Gasteiger partial charge is 0.383 e. The topological polar surface area (TPSA) is 71.5 Å². The second-order valence-electron chi connectivity index (χ2n) is 5.34. The second-order valence-corrected chi connectivity index (χ2v) is 6.20. The van der Waals surface area contributed by atoms with E-state index in [9.17, 15) is 9.59 Å². The SMILES string of the molecule is COCCN(CC(=O)Nc1nc(C)cs1)C(=O)C=Cc1ccccc1. The lowest BCUT2D eigenvalue weighted by Gasteiger charge is -2.20. The third-order valence-electron chi connectivity index (χ3n) is 3.29. The maximum atomic E-state index is 12.4. The summed E-state index contributed by atoms with van der Waals surface area (Å²) >= 11 is 1.35. The molecule has 1 aromatic heterocycles. The molecule has 132 valence electrons. The number of nitrogens with zero attached hydrogens (tertiary/aromatic N) is 2. The zero-order chi connectivity index (χ0) is 18.1. The molecule has 2 amide bonds. The van der Waals surface area contributed by atoms with Crippen LogP contribution < -0.4 is 5.32 Å². The van der Waals surface area contributed by atoms with Crippen LogP contribution in [0.4, 0.5) is 5.13 Å². The third-order valence-corrected chi connectivity index (χ3v) is 4.17. The molecular weight excluding hydrogens is 338 g/mol. The number of nitrogens with one attached hydrogen (secondary N) is 1. The highest BCUT2D eigenvalue weighted by Crippen LogP contribution is 2.14. The molecule has 0 aliphatic heterocycles. The zero-order valence-electron chi connectivity index (χ0n) is 14.3. The molecular formula is C18H21N3O3S. The number of ether oxygens (including phenoxy) is 1. The lowest BCUT2D eigenvalue weighted by molar-refractivity contribution is -0.131.